The van der Waals surface area contributed by atoms with Gasteiger partial charge in [0.25, 0.3) is 5.91 Å². The van der Waals surface area contributed by atoms with Gasteiger partial charge in [-0.15, -0.1) is 5.10 Å². The number of hydrogen-bond acceptors (Lipinski definition) is 6. The molecule has 0 saturated carbocycles. The van der Waals surface area contributed by atoms with E-state index in [0.29, 0.717) is 56.3 Å². The number of carbonyl (C=O) groups excluding carboxylic acids is 1. The molecule has 0 unspecified atom stereocenters. The van der Waals surface area contributed by atoms with E-state index in [1.807, 2.05) is 24.3 Å². The topological polar surface area (TPSA) is 72.7 Å². The SMILES string of the molecule is COc1cccc(-n2nnc(C(=O)N3CCN(CCCOCC(F)(F)F)CC3)c2C)c1. The van der Waals surface area contributed by atoms with Crippen molar-refractivity contribution in [3.8, 4) is 11.4 Å². The van der Waals surface area contributed by atoms with Gasteiger partial charge in [-0.3, -0.25) is 9.69 Å². The van der Waals surface area contributed by atoms with Crippen LogP contribution in [0.2, 0.25) is 0 Å². The summed E-state index contributed by atoms with van der Waals surface area (Å²) in [5.74, 6) is 0.500. The third kappa shape index (κ3) is 6.17. The molecule has 0 atom stereocenters. The van der Waals surface area contributed by atoms with Crippen LogP contribution in [0, 0.1) is 6.92 Å². The third-order valence-electron chi connectivity index (χ3n) is 5.08. The number of alkyl halides is 3. The zero-order valence-corrected chi connectivity index (χ0v) is 17.6. The lowest BCUT2D eigenvalue weighted by molar-refractivity contribution is -0.174. The van der Waals surface area contributed by atoms with Crippen LogP contribution < -0.4 is 4.74 Å². The molecule has 1 aliphatic rings. The highest BCUT2D eigenvalue weighted by Crippen LogP contribution is 2.19. The molecule has 0 radical (unpaired) electrons. The van der Waals surface area contributed by atoms with E-state index >= 15 is 0 Å². The number of rotatable bonds is 8. The first-order valence-electron chi connectivity index (χ1n) is 10.0. The van der Waals surface area contributed by atoms with Crippen molar-refractivity contribution in [3.63, 3.8) is 0 Å². The molecule has 1 saturated heterocycles. The number of piperazine rings is 1. The van der Waals surface area contributed by atoms with E-state index in [9.17, 15) is 18.0 Å². The average Bonchev–Trinajstić information content (AvgIpc) is 3.14. The Bertz CT molecular complexity index is 879. The van der Waals surface area contributed by atoms with Crippen molar-refractivity contribution in [3.05, 3.63) is 35.7 Å². The first-order chi connectivity index (χ1) is 14.8. The fourth-order valence-electron chi connectivity index (χ4n) is 3.42. The average molecular weight is 441 g/mol. The highest BCUT2D eigenvalue weighted by molar-refractivity contribution is 5.93. The van der Waals surface area contributed by atoms with Gasteiger partial charge in [-0.2, -0.15) is 13.2 Å². The Morgan fingerprint density at radius 2 is 1.94 bits per heavy atom. The summed E-state index contributed by atoms with van der Waals surface area (Å²) in [6, 6.07) is 7.33. The second-order valence-electron chi connectivity index (χ2n) is 7.29. The van der Waals surface area contributed by atoms with E-state index in [2.05, 4.69) is 19.9 Å². The van der Waals surface area contributed by atoms with Gasteiger partial charge in [-0.1, -0.05) is 11.3 Å². The van der Waals surface area contributed by atoms with E-state index in [4.69, 9.17) is 4.74 Å². The quantitative estimate of drug-likeness (QED) is 0.586. The van der Waals surface area contributed by atoms with Crippen molar-refractivity contribution < 1.29 is 27.4 Å². The first-order valence-corrected chi connectivity index (χ1v) is 10.0. The van der Waals surface area contributed by atoms with Crippen molar-refractivity contribution in [2.24, 2.45) is 0 Å². The summed E-state index contributed by atoms with van der Waals surface area (Å²) in [5.41, 5.74) is 1.69. The largest absolute Gasteiger partial charge is 0.497 e. The maximum atomic E-state index is 12.9. The maximum absolute atomic E-state index is 12.9. The summed E-state index contributed by atoms with van der Waals surface area (Å²) in [7, 11) is 1.58. The minimum absolute atomic E-state index is 0.0607. The van der Waals surface area contributed by atoms with Gasteiger partial charge in [0, 0.05) is 45.4 Å². The molecule has 1 aliphatic heterocycles. The summed E-state index contributed by atoms with van der Waals surface area (Å²) in [6.07, 6.45) is -3.78. The number of methoxy groups -OCH3 is 1. The normalized spacial score (nSPS) is 15.3. The van der Waals surface area contributed by atoms with Gasteiger partial charge < -0.3 is 14.4 Å². The van der Waals surface area contributed by atoms with Crippen molar-refractivity contribution in [1.29, 1.82) is 0 Å². The van der Waals surface area contributed by atoms with Crippen LogP contribution in [0.5, 0.6) is 5.75 Å². The molecule has 0 aliphatic carbocycles. The molecule has 2 heterocycles. The van der Waals surface area contributed by atoms with Crippen LogP contribution in [0.25, 0.3) is 5.69 Å². The molecule has 0 N–H and O–H groups in total. The highest BCUT2D eigenvalue weighted by atomic mass is 19.4. The van der Waals surface area contributed by atoms with Crippen LogP contribution in [-0.4, -0.2) is 89.9 Å². The van der Waals surface area contributed by atoms with Gasteiger partial charge in [0.2, 0.25) is 0 Å². The molecule has 0 spiro atoms. The van der Waals surface area contributed by atoms with Gasteiger partial charge in [-0.05, 0) is 25.5 Å². The van der Waals surface area contributed by atoms with Crippen LogP contribution in [0.1, 0.15) is 22.6 Å². The Morgan fingerprint density at radius 3 is 2.61 bits per heavy atom. The Hall–Kier alpha value is -2.66. The van der Waals surface area contributed by atoms with Crippen LogP contribution in [0.4, 0.5) is 13.2 Å². The summed E-state index contributed by atoms with van der Waals surface area (Å²) < 4.78 is 47.7. The van der Waals surface area contributed by atoms with Gasteiger partial charge in [-0.25, -0.2) is 4.68 Å². The standard InChI is InChI=1S/C20H26F3N5O3/c1-15-18(24-25-28(15)16-5-3-6-17(13-16)30-2)19(29)27-10-8-26(9-11-27)7-4-12-31-14-20(21,22)23/h3,5-6,13H,4,7-12,14H2,1-2H3. The van der Waals surface area contributed by atoms with Crippen LogP contribution in [-0.2, 0) is 4.74 Å². The smallest absolute Gasteiger partial charge is 0.411 e. The molecule has 0 bridgehead atoms. The lowest BCUT2D eigenvalue weighted by Gasteiger charge is -2.34. The molecule has 2 aromatic rings. The lowest BCUT2D eigenvalue weighted by Crippen LogP contribution is -2.49. The molecule has 31 heavy (non-hydrogen) atoms. The van der Waals surface area contributed by atoms with E-state index in [0.717, 1.165) is 5.69 Å². The predicted octanol–water partition coefficient (Wildman–Crippen LogP) is 2.31. The van der Waals surface area contributed by atoms with E-state index in [-0.39, 0.29) is 12.5 Å². The number of nitrogens with zero attached hydrogens (tertiary/aromatic N) is 5. The zero-order valence-electron chi connectivity index (χ0n) is 17.6. The molecular formula is C20H26F3N5O3. The number of ether oxygens (including phenoxy) is 2. The number of benzene rings is 1. The summed E-state index contributed by atoms with van der Waals surface area (Å²) in [4.78, 5) is 16.8. The Morgan fingerprint density at radius 1 is 1.19 bits per heavy atom. The highest BCUT2D eigenvalue weighted by Gasteiger charge is 2.28. The number of halogens is 3. The van der Waals surface area contributed by atoms with Crippen molar-refractivity contribution in [2.45, 2.75) is 19.5 Å². The molecule has 1 aromatic carbocycles. The van der Waals surface area contributed by atoms with Gasteiger partial charge in [0.15, 0.2) is 5.69 Å². The Kier molecular flexibility index (Phi) is 7.50. The van der Waals surface area contributed by atoms with Crippen LogP contribution in [0.3, 0.4) is 0 Å². The van der Waals surface area contributed by atoms with Crippen LogP contribution >= 0.6 is 0 Å². The predicted molar refractivity (Wildman–Crippen MR) is 106 cm³/mol. The van der Waals surface area contributed by atoms with E-state index in [1.54, 1.807) is 23.6 Å². The van der Waals surface area contributed by atoms with Crippen molar-refractivity contribution in [1.82, 2.24) is 24.8 Å². The molecule has 3 rings (SSSR count). The summed E-state index contributed by atoms with van der Waals surface area (Å²) in [5, 5.41) is 8.22. The van der Waals surface area contributed by atoms with Crippen LogP contribution in [0.15, 0.2) is 24.3 Å². The molecule has 170 valence electrons. The minimum Gasteiger partial charge on any atom is -0.497 e. The molecule has 1 aromatic heterocycles. The minimum atomic E-state index is -4.29. The van der Waals surface area contributed by atoms with Gasteiger partial charge in [0.05, 0.1) is 18.5 Å². The lowest BCUT2D eigenvalue weighted by atomic mass is 10.2. The number of aromatic nitrogens is 3. The monoisotopic (exact) mass is 441 g/mol. The zero-order chi connectivity index (χ0) is 22.4. The number of hydrogen-bond donors (Lipinski definition) is 0. The molecule has 11 heteroatoms. The van der Waals surface area contributed by atoms with Gasteiger partial charge >= 0.3 is 6.18 Å². The molecule has 1 amide bonds. The molecule has 8 nitrogen and oxygen atoms in total. The maximum Gasteiger partial charge on any atom is 0.411 e. The van der Waals surface area contributed by atoms with Gasteiger partial charge in [0.1, 0.15) is 12.4 Å². The second kappa shape index (κ2) is 10.1. The number of carbonyl (C=O) groups is 1. The fraction of sp³-hybridized carbons (Fsp3) is 0.550. The second-order valence-corrected chi connectivity index (χ2v) is 7.29. The third-order valence-corrected chi connectivity index (χ3v) is 5.08. The number of amides is 1. The summed E-state index contributed by atoms with van der Waals surface area (Å²) in [6.45, 7) is 3.61. The first kappa shape index (κ1) is 23.0. The molecular weight excluding hydrogens is 415 g/mol. The Labute approximate surface area is 178 Å². The van der Waals surface area contributed by atoms with Crippen molar-refractivity contribution >= 4 is 5.91 Å². The van der Waals surface area contributed by atoms with Crippen molar-refractivity contribution in [2.75, 3.05) is 53.0 Å². The molecule has 1 fully saturated rings. The van der Waals surface area contributed by atoms with E-state index < -0.39 is 12.8 Å². The summed E-state index contributed by atoms with van der Waals surface area (Å²) >= 11 is 0. The van der Waals surface area contributed by atoms with E-state index in [1.165, 1.54) is 0 Å². The fourth-order valence-corrected chi connectivity index (χ4v) is 3.42. The Balaban J connectivity index is 1.50.